The van der Waals surface area contributed by atoms with Crippen molar-refractivity contribution in [2.75, 3.05) is 12.8 Å². The van der Waals surface area contributed by atoms with Crippen molar-refractivity contribution < 1.29 is 5.82 Å². The predicted molar refractivity (Wildman–Crippen MR) is 86.5 cm³/mol. The highest BCUT2D eigenvalue weighted by Crippen LogP contribution is 2.23. The third-order valence-electron chi connectivity index (χ3n) is 2.79. The summed E-state index contributed by atoms with van der Waals surface area (Å²) in [7, 11) is 1.68. The molecular formula is C16H17FN4. The SMILES string of the molecule is C=C/C=C(\C=NC)c1ccc(-c2ccc(F)cn2)nc1N.[HH]. The zero-order valence-electron chi connectivity index (χ0n) is 11.6. The van der Waals surface area contributed by atoms with Crippen molar-refractivity contribution in [1.29, 1.82) is 0 Å². The first-order chi connectivity index (χ1) is 10.2. The maximum Gasteiger partial charge on any atom is 0.141 e. The van der Waals surface area contributed by atoms with Crippen molar-refractivity contribution in [3.05, 3.63) is 60.6 Å². The van der Waals surface area contributed by atoms with Crippen LogP contribution in [0, 0.1) is 5.82 Å². The molecule has 0 aliphatic heterocycles. The topological polar surface area (TPSA) is 64.2 Å². The maximum absolute atomic E-state index is 12.9. The second-order valence-electron chi connectivity index (χ2n) is 4.24. The normalized spacial score (nSPS) is 11.8. The summed E-state index contributed by atoms with van der Waals surface area (Å²) in [6, 6.07) is 6.51. The average molecular weight is 284 g/mol. The number of pyridine rings is 2. The molecule has 108 valence electrons. The number of nitrogens with zero attached hydrogens (tertiary/aromatic N) is 3. The van der Waals surface area contributed by atoms with Crippen LogP contribution in [0.25, 0.3) is 17.0 Å². The molecule has 2 rings (SSSR count). The average Bonchev–Trinajstić information content (AvgIpc) is 2.48. The van der Waals surface area contributed by atoms with Crippen molar-refractivity contribution in [3.63, 3.8) is 0 Å². The lowest BCUT2D eigenvalue weighted by molar-refractivity contribution is 0.622. The van der Waals surface area contributed by atoms with E-state index in [1.54, 1.807) is 37.5 Å². The Morgan fingerprint density at radius 2 is 2.10 bits per heavy atom. The Morgan fingerprint density at radius 3 is 2.67 bits per heavy atom. The molecule has 5 heteroatoms. The third kappa shape index (κ3) is 3.39. The van der Waals surface area contributed by atoms with Crippen LogP contribution in [0.2, 0.25) is 0 Å². The summed E-state index contributed by atoms with van der Waals surface area (Å²) in [6.07, 6.45) is 6.29. The minimum Gasteiger partial charge on any atom is -0.383 e. The number of nitrogen functional groups attached to an aromatic ring is 1. The standard InChI is InChI=1S/C16H15FN4.H2/c1-3-4-11(9-19-2)13-6-8-15(21-16(13)18)14-7-5-12(17)10-20-14;/h3-10H,1H2,2H3,(H2,18,21);1H/b11-4+,19-9?;. The van der Waals surface area contributed by atoms with Gasteiger partial charge in [-0.15, -0.1) is 0 Å². The minimum absolute atomic E-state index is 0. The number of anilines is 1. The molecule has 4 nitrogen and oxygen atoms in total. The first-order valence-electron chi connectivity index (χ1n) is 6.29. The molecular weight excluding hydrogens is 267 g/mol. The van der Waals surface area contributed by atoms with E-state index in [0.29, 0.717) is 17.2 Å². The zero-order chi connectivity index (χ0) is 15.2. The molecule has 0 radical (unpaired) electrons. The number of aromatic nitrogens is 2. The fourth-order valence-corrected chi connectivity index (χ4v) is 1.86. The quantitative estimate of drug-likeness (QED) is 0.691. The fraction of sp³-hybridized carbons (Fsp3) is 0.0625. The van der Waals surface area contributed by atoms with Crippen LogP contribution in [0.4, 0.5) is 10.2 Å². The van der Waals surface area contributed by atoms with Crippen LogP contribution in [-0.4, -0.2) is 23.2 Å². The van der Waals surface area contributed by atoms with Gasteiger partial charge in [-0.25, -0.2) is 9.37 Å². The molecule has 0 aliphatic carbocycles. The van der Waals surface area contributed by atoms with Crippen molar-refractivity contribution in [1.82, 2.24) is 9.97 Å². The lowest BCUT2D eigenvalue weighted by atomic mass is 10.1. The zero-order valence-corrected chi connectivity index (χ0v) is 11.6. The molecule has 0 amide bonds. The Bertz CT molecular complexity index is 709. The van der Waals surface area contributed by atoms with E-state index in [2.05, 4.69) is 21.5 Å². The smallest absolute Gasteiger partial charge is 0.141 e. The highest BCUT2D eigenvalue weighted by Gasteiger charge is 2.08. The lowest BCUT2D eigenvalue weighted by Crippen LogP contribution is -2.00. The van der Waals surface area contributed by atoms with Crippen molar-refractivity contribution in [3.8, 4) is 11.4 Å². The van der Waals surface area contributed by atoms with Crippen LogP contribution in [0.5, 0.6) is 0 Å². The highest BCUT2D eigenvalue weighted by molar-refractivity contribution is 6.11. The van der Waals surface area contributed by atoms with Gasteiger partial charge in [0.05, 0.1) is 17.6 Å². The molecule has 0 fully saturated rings. The molecule has 0 atom stereocenters. The number of aliphatic imine (C=N–C) groups is 1. The summed E-state index contributed by atoms with van der Waals surface area (Å²) >= 11 is 0. The van der Waals surface area contributed by atoms with Crippen molar-refractivity contribution in [2.24, 2.45) is 4.99 Å². The number of halogens is 1. The van der Waals surface area contributed by atoms with Crippen LogP contribution in [0.15, 0.2) is 54.2 Å². The largest absolute Gasteiger partial charge is 0.383 e. The maximum atomic E-state index is 12.9. The number of allylic oxidation sites excluding steroid dienone is 3. The van der Waals surface area contributed by atoms with Gasteiger partial charge in [0.15, 0.2) is 0 Å². The Balaban J connectivity index is 0.00000242. The van der Waals surface area contributed by atoms with E-state index in [9.17, 15) is 4.39 Å². The van der Waals surface area contributed by atoms with E-state index in [-0.39, 0.29) is 1.43 Å². The number of nitrogens with two attached hydrogens (primary N) is 1. The summed E-state index contributed by atoms with van der Waals surface area (Å²) in [5.41, 5.74) is 8.72. The lowest BCUT2D eigenvalue weighted by Gasteiger charge is -2.07. The Labute approximate surface area is 124 Å². The molecule has 0 saturated carbocycles. The van der Waals surface area contributed by atoms with E-state index in [1.165, 1.54) is 6.07 Å². The van der Waals surface area contributed by atoms with Crippen LogP contribution < -0.4 is 5.73 Å². The molecule has 0 bridgehead atoms. The number of hydrogen-bond acceptors (Lipinski definition) is 4. The predicted octanol–water partition coefficient (Wildman–Crippen LogP) is 3.38. The second kappa shape index (κ2) is 6.56. The number of rotatable bonds is 4. The summed E-state index contributed by atoms with van der Waals surface area (Å²) in [5, 5.41) is 0. The van der Waals surface area contributed by atoms with Gasteiger partial charge in [-0.05, 0) is 24.3 Å². The molecule has 21 heavy (non-hydrogen) atoms. The minimum atomic E-state index is -0.390. The summed E-state index contributed by atoms with van der Waals surface area (Å²) < 4.78 is 12.9. The molecule has 0 spiro atoms. The third-order valence-corrected chi connectivity index (χ3v) is 2.79. The fourth-order valence-electron chi connectivity index (χ4n) is 1.86. The second-order valence-corrected chi connectivity index (χ2v) is 4.24. The molecule has 0 saturated heterocycles. The number of hydrogen-bond donors (Lipinski definition) is 1. The first-order valence-corrected chi connectivity index (χ1v) is 6.29. The molecule has 2 aromatic rings. The van der Waals surface area contributed by atoms with Gasteiger partial charge >= 0.3 is 0 Å². The summed E-state index contributed by atoms with van der Waals surface area (Å²) in [5.74, 6) is -0.0367. The Kier molecular flexibility index (Phi) is 4.56. The van der Waals surface area contributed by atoms with Gasteiger partial charge in [0, 0.05) is 25.8 Å². The van der Waals surface area contributed by atoms with Crippen LogP contribution >= 0.6 is 0 Å². The molecule has 2 N–H and O–H groups in total. The molecule has 2 heterocycles. The Morgan fingerprint density at radius 1 is 1.33 bits per heavy atom. The van der Waals surface area contributed by atoms with Gasteiger partial charge in [0.2, 0.25) is 0 Å². The van der Waals surface area contributed by atoms with Crippen LogP contribution in [0.3, 0.4) is 0 Å². The summed E-state index contributed by atoms with van der Waals surface area (Å²) in [6.45, 7) is 3.67. The summed E-state index contributed by atoms with van der Waals surface area (Å²) in [4.78, 5) is 12.3. The van der Waals surface area contributed by atoms with E-state index in [1.807, 2.05) is 6.07 Å². The van der Waals surface area contributed by atoms with E-state index < -0.39 is 5.82 Å². The molecule has 0 aromatic carbocycles. The monoisotopic (exact) mass is 284 g/mol. The van der Waals surface area contributed by atoms with Gasteiger partial charge in [0.1, 0.15) is 11.6 Å². The van der Waals surface area contributed by atoms with Crippen molar-refractivity contribution in [2.45, 2.75) is 0 Å². The van der Waals surface area contributed by atoms with Gasteiger partial charge < -0.3 is 5.73 Å². The van der Waals surface area contributed by atoms with E-state index >= 15 is 0 Å². The van der Waals surface area contributed by atoms with Gasteiger partial charge in [0.25, 0.3) is 0 Å². The molecule has 0 unspecified atom stereocenters. The van der Waals surface area contributed by atoms with E-state index in [0.717, 1.165) is 17.3 Å². The van der Waals surface area contributed by atoms with Gasteiger partial charge in [-0.1, -0.05) is 18.7 Å². The van der Waals surface area contributed by atoms with Crippen LogP contribution in [0.1, 0.15) is 6.99 Å². The highest BCUT2D eigenvalue weighted by atomic mass is 19.1. The Hall–Kier alpha value is -2.82. The molecule has 0 aliphatic rings. The first kappa shape index (κ1) is 14.6. The van der Waals surface area contributed by atoms with Gasteiger partial charge in [-0.3, -0.25) is 9.98 Å². The van der Waals surface area contributed by atoms with E-state index in [4.69, 9.17) is 5.73 Å². The van der Waals surface area contributed by atoms with Crippen LogP contribution in [-0.2, 0) is 0 Å². The van der Waals surface area contributed by atoms with Gasteiger partial charge in [-0.2, -0.15) is 0 Å². The molecule has 2 aromatic heterocycles. The van der Waals surface area contributed by atoms with Crippen molar-refractivity contribution >= 4 is 17.6 Å².